The molecule has 0 amide bonds. The fourth-order valence-electron chi connectivity index (χ4n) is 8.36. The van der Waals surface area contributed by atoms with Gasteiger partial charge in [0.2, 0.25) is 0 Å². The van der Waals surface area contributed by atoms with Crippen LogP contribution in [0.25, 0.3) is 105 Å². The molecule has 0 aliphatic heterocycles. The Morgan fingerprint density at radius 1 is 0.250 bits per heavy atom. The fraction of sp³-hybridized carbons (Fsp3) is 0. The number of nitrogens with zero attached hydrogens (tertiary/aromatic N) is 1. The Kier molecular flexibility index (Phi) is 7.53. The summed E-state index contributed by atoms with van der Waals surface area (Å²) in [7, 11) is 0. The maximum atomic E-state index is 6.17. The van der Waals surface area contributed by atoms with E-state index >= 15 is 0 Å². The zero-order chi connectivity index (χ0) is 37.0. The minimum atomic E-state index is 0.916. The van der Waals surface area contributed by atoms with Crippen LogP contribution in [0.5, 0.6) is 0 Å². The molecule has 0 saturated heterocycles. The minimum Gasteiger partial charge on any atom is -0.456 e. The normalized spacial score (nSPS) is 11.6. The molecule has 0 saturated carbocycles. The first-order chi connectivity index (χ1) is 27.7. The maximum Gasteiger partial charge on any atom is 0.136 e. The van der Waals surface area contributed by atoms with Gasteiger partial charge in [-0.1, -0.05) is 152 Å². The van der Waals surface area contributed by atoms with E-state index in [0.717, 1.165) is 33.2 Å². The molecule has 2 aromatic heterocycles. The van der Waals surface area contributed by atoms with Gasteiger partial charge in [0.1, 0.15) is 11.2 Å². The van der Waals surface area contributed by atoms with E-state index in [1.807, 2.05) is 12.1 Å². The highest BCUT2D eigenvalue weighted by Crippen LogP contribution is 2.38. The average Bonchev–Trinajstić information content (AvgIpc) is 3.82. The van der Waals surface area contributed by atoms with Crippen LogP contribution in [-0.2, 0) is 0 Å². The third kappa shape index (κ3) is 5.51. The molecule has 11 aromatic rings. The van der Waals surface area contributed by atoms with Crippen LogP contribution in [0.15, 0.2) is 217 Å². The summed E-state index contributed by atoms with van der Waals surface area (Å²) < 4.78 is 8.57. The molecule has 2 heterocycles. The molecule has 56 heavy (non-hydrogen) atoms. The van der Waals surface area contributed by atoms with Crippen LogP contribution < -0.4 is 0 Å². The van der Waals surface area contributed by atoms with Crippen LogP contribution in [0.2, 0.25) is 0 Å². The number of aromatic nitrogens is 1. The summed E-state index contributed by atoms with van der Waals surface area (Å²) in [6.45, 7) is 0. The van der Waals surface area contributed by atoms with E-state index in [1.165, 1.54) is 71.9 Å². The molecule has 11 rings (SSSR count). The van der Waals surface area contributed by atoms with E-state index in [1.54, 1.807) is 0 Å². The Bertz CT molecular complexity index is 3110. The Morgan fingerprint density at radius 3 is 1.25 bits per heavy atom. The smallest absolute Gasteiger partial charge is 0.136 e. The van der Waals surface area contributed by atoms with Crippen molar-refractivity contribution in [1.29, 1.82) is 0 Å². The minimum absolute atomic E-state index is 0.916. The van der Waals surface area contributed by atoms with Gasteiger partial charge >= 0.3 is 0 Å². The van der Waals surface area contributed by atoms with E-state index in [0.29, 0.717) is 0 Å². The van der Waals surface area contributed by atoms with E-state index in [-0.39, 0.29) is 0 Å². The monoisotopic (exact) mass is 713 g/mol. The van der Waals surface area contributed by atoms with Gasteiger partial charge in [-0.15, -0.1) is 0 Å². The third-order valence-corrected chi connectivity index (χ3v) is 11.2. The second-order valence-corrected chi connectivity index (χ2v) is 14.5. The summed E-state index contributed by atoms with van der Waals surface area (Å²) in [5.74, 6) is 0. The quantitative estimate of drug-likeness (QED) is 0.168. The molecule has 9 aromatic carbocycles. The van der Waals surface area contributed by atoms with Gasteiger partial charge in [-0.3, -0.25) is 0 Å². The van der Waals surface area contributed by atoms with Crippen molar-refractivity contribution in [1.82, 2.24) is 4.57 Å². The van der Waals surface area contributed by atoms with Gasteiger partial charge in [0.05, 0.1) is 11.0 Å². The van der Waals surface area contributed by atoms with E-state index < -0.39 is 0 Å². The lowest BCUT2D eigenvalue weighted by Gasteiger charge is -2.11. The van der Waals surface area contributed by atoms with Gasteiger partial charge in [0.25, 0.3) is 0 Å². The van der Waals surface area contributed by atoms with Crippen LogP contribution in [-0.4, -0.2) is 4.57 Å². The lowest BCUT2D eigenvalue weighted by atomic mass is 9.97. The molecule has 0 N–H and O–H groups in total. The van der Waals surface area contributed by atoms with Crippen molar-refractivity contribution in [3.05, 3.63) is 212 Å². The van der Waals surface area contributed by atoms with Gasteiger partial charge < -0.3 is 8.98 Å². The molecule has 262 valence electrons. The molecule has 0 fully saturated rings. The molecule has 2 nitrogen and oxygen atoms in total. The van der Waals surface area contributed by atoms with Crippen molar-refractivity contribution in [3.63, 3.8) is 0 Å². The largest absolute Gasteiger partial charge is 0.456 e. The van der Waals surface area contributed by atoms with Crippen LogP contribution in [0.4, 0.5) is 0 Å². The van der Waals surface area contributed by atoms with Gasteiger partial charge in [-0.2, -0.15) is 0 Å². The summed E-state index contributed by atoms with van der Waals surface area (Å²) in [4.78, 5) is 0. The van der Waals surface area contributed by atoms with E-state index in [4.69, 9.17) is 4.42 Å². The van der Waals surface area contributed by atoms with Crippen molar-refractivity contribution >= 4 is 43.7 Å². The summed E-state index contributed by atoms with van der Waals surface area (Å²) in [6, 6.07) is 76.5. The van der Waals surface area contributed by atoms with Crippen LogP contribution in [0, 0.1) is 0 Å². The number of furan rings is 1. The van der Waals surface area contributed by atoms with Gasteiger partial charge in [0.15, 0.2) is 0 Å². The maximum absolute atomic E-state index is 6.17. The predicted molar refractivity (Wildman–Crippen MR) is 235 cm³/mol. The Labute approximate surface area is 325 Å². The van der Waals surface area contributed by atoms with Crippen LogP contribution >= 0.6 is 0 Å². The van der Waals surface area contributed by atoms with Crippen molar-refractivity contribution in [2.75, 3.05) is 0 Å². The Morgan fingerprint density at radius 2 is 0.661 bits per heavy atom. The highest BCUT2D eigenvalue weighted by Gasteiger charge is 2.15. The number of hydrogen-bond donors (Lipinski definition) is 0. The second kappa shape index (κ2) is 13.2. The summed E-state index contributed by atoms with van der Waals surface area (Å²) in [6.07, 6.45) is 0. The number of para-hydroxylation sites is 1. The van der Waals surface area contributed by atoms with E-state index in [9.17, 15) is 0 Å². The number of hydrogen-bond acceptors (Lipinski definition) is 1. The lowest BCUT2D eigenvalue weighted by molar-refractivity contribution is 0.669. The molecule has 0 aliphatic carbocycles. The zero-order valence-corrected chi connectivity index (χ0v) is 30.6. The molecule has 0 atom stereocenters. The van der Waals surface area contributed by atoms with Gasteiger partial charge in [-0.25, -0.2) is 0 Å². The summed E-state index contributed by atoms with van der Waals surface area (Å²) in [5.41, 5.74) is 17.3. The van der Waals surface area contributed by atoms with Crippen molar-refractivity contribution in [3.8, 4) is 61.3 Å². The first-order valence-electron chi connectivity index (χ1n) is 19.2. The fourth-order valence-corrected chi connectivity index (χ4v) is 8.36. The van der Waals surface area contributed by atoms with E-state index in [2.05, 4.69) is 205 Å². The topological polar surface area (TPSA) is 18.1 Å². The molecule has 0 unspecified atom stereocenters. The van der Waals surface area contributed by atoms with Crippen molar-refractivity contribution < 1.29 is 4.42 Å². The van der Waals surface area contributed by atoms with Crippen molar-refractivity contribution in [2.45, 2.75) is 0 Å². The molecule has 0 bridgehead atoms. The highest BCUT2D eigenvalue weighted by atomic mass is 16.3. The molecular weight excluding hydrogens is 679 g/mol. The number of fused-ring (bicyclic) bond motifs is 6. The highest BCUT2D eigenvalue weighted by molar-refractivity contribution is 6.12. The number of rotatable bonds is 6. The van der Waals surface area contributed by atoms with Crippen molar-refractivity contribution in [2.24, 2.45) is 0 Å². The number of benzene rings is 9. The molecule has 0 radical (unpaired) electrons. The average molecular weight is 714 g/mol. The summed E-state index contributed by atoms with van der Waals surface area (Å²) in [5, 5.41) is 4.80. The molecule has 2 heteroatoms. The first-order valence-corrected chi connectivity index (χ1v) is 19.2. The zero-order valence-electron chi connectivity index (χ0n) is 30.6. The molecular formula is C54H35NO. The molecule has 0 aliphatic rings. The van der Waals surface area contributed by atoms with Crippen LogP contribution in [0.3, 0.4) is 0 Å². The molecule has 0 spiro atoms. The first kappa shape index (κ1) is 32.0. The van der Waals surface area contributed by atoms with Gasteiger partial charge in [-0.05, 0) is 116 Å². The lowest BCUT2D eigenvalue weighted by Crippen LogP contribution is -1.94. The Hall–Kier alpha value is -7.42. The predicted octanol–water partition coefficient (Wildman–Crippen LogP) is 15.0. The standard InChI is InChI=1S/C54H35NO/c1-3-10-36(11-4-1)43-25-30-51-49(33-43)50-34-44(37-12-5-2-6-13-37)26-31-52(50)55(51)46-27-22-40(23-28-46)42-15-9-14-41(32-42)38-18-20-39(21-19-38)45-24-29-48-47-16-7-8-17-53(47)56-54(48)35-45/h1-35H. The van der Waals surface area contributed by atoms with Crippen LogP contribution in [0.1, 0.15) is 0 Å². The SMILES string of the molecule is c1ccc(-c2ccc3c(c2)c2cc(-c4ccccc4)ccc2n3-c2ccc(-c3cccc(-c4ccc(-c5ccc6c(c5)oc5ccccc56)cc4)c3)cc2)cc1. The third-order valence-electron chi connectivity index (χ3n) is 11.2. The second-order valence-electron chi connectivity index (χ2n) is 14.5. The van der Waals surface area contributed by atoms with Gasteiger partial charge in [0, 0.05) is 27.2 Å². The Balaban J connectivity index is 0.925. The summed E-state index contributed by atoms with van der Waals surface area (Å²) >= 11 is 0.